The molecule has 0 saturated heterocycles. The first-order valence-corrected chi connectivity index (χ1v) is 7.35. The van der Waals surface area contributed by atoms with Crippen molar-refractivity contribution in [3.05, 3.63) is 58.8 Å². The SMILES string of the molecule is COc1ccc(/C=C2\Oc3cc(OCC#N)cc(C)c3C2=O)cc1. The second kappa shape index (κ2) is 6.47. The fourth-order valence-electron chi connectivity index (χ4n) is 2.53. The van der Waals surface area contributed by atoms with E-state index in [1.807, 2.05) is 37.3 Å². The molecular weight excluding hydrogens is 306 g/mol. The molecule has 0 aromatic heterocycles. The lowest BCUT2D eigenvalue weighted by Crippen LogP contribution is -2.00. The van der Waals surface area contributed by atoms with E-state index in [4.69, 9.17) is 19.5 Å². The molecule has 1 aliphatic heterocycles. The van der Waals surface area contributed by atoms with Crippen LogP contribution in [0.5, 0.6) is 17.2 Å². The van der Waals surface area contributed by atoms with Crippen molar-refractivity contribution in [2.24, 2.45) is 0 Å². The summed E-state index contributed by atoms with van der Waals surface area (Å²) in [5, 5.41) is 8.60. The molecule has 0 amide bonds. The number of benzene rings is 2. The van der Waals surface area contributed by atoms with E-state index in [1.54, 1.807) is 25.3 Å². The number of hydrogen-bond donors (Lipinski definition) is 0. The molecule has 0 unspecified atom stereocenters. The van der Waals surface area contributed by atoms with Crippen molar-refractivity contribution in [2.45, 2.75) is 6.92 Å². The number of Topliss-reactive ketones (excluding diaryl/α,β-unsaturated/α-hetero) is 1. The van der Waals surface area contributed by atoms with Crippen LogP contribution in [0.15, 0.2) is 42.2 Å². The molecule has 5 nitrogen and oxygen atoms in total. The number of aryl methyl sites for hydroxylation is 1. The molecule has 24 heavy (non-hydrogen) atoms. The van der Waals surface area contributed by atoms with Crippen molar-refractivity contribution in [1.29, 1.82) is 5.26 Å². The molecule has 0 fully saturated rings. The van der Waals surface area contributed by atoms with Gasteiger partial charge in [-0.15, -0.1) is 0 Å². The summed E-state index contributed by atoms with van der Waals surface area (Å²) >= 11 is 0. The highest BCUT2D eigenvalue weighted by Crippen LogP contribution is 2.37. The van der Waals surface area contributed by atoms with Crippen LogP contribution in [-0.2, 0) is 0 Å². The molecule has 0 aliphatic carbocycles. The molecule has 2 aromatic rings. The standard InChI is InChI=1S/C19H15NO4/c1-12-9-15(23-8-7-20)11-16-18(12)19(21)17(24-16)10-13-3-5-14(22-2)6-4-13/h3-6,9-11H,8H2,1-2H3/b17-10-. The predicted octanol–water partition coefficient (Wildman–Crippen LogP) is 3.52. The summed E-state index contributed by atoms with van der Waals surface area (Å²) in [5.74, 6) is 1.80. The van der Waals surface area contributed by atoms with Gasteiger partial charge in [0, 0.05) is 6.07 Å². The molecular formula is C19H15NO4. The average Bonchev–Trinajstić information content (AvgIpc) is 2.90. The number of allylic oxidation sites excluding steroid dienone is 1. The highest BCUT2D eigenvalue weighted by atomic mass is 16.5. The summed E-state index contributed by atoms with van der Waals surface area (Å²) in [6.45, 7) is 1.76. The van der Waals surface area contributed by atoms with E-state index in [2.05, 4.69) is 0 Å². The van der Waals surface area contributed by atoms with E-state index in [9.17, 15) is 4.79 Å². The Balaban J connectivity index is 1.90. The molecule has 2 aromatic carbocycles. The van der Waals surface area contributed by atoms with E-state index < -0.39 is 0 Å². The van der Waals surface area contributed by atoms with E-state index in [1.165, 1.54) is 0 Å². The van der Waals surface area contributed by atoms with Crippen LogP contribution in [0, 0.1) is 18.3 Å². The maximum absolute atomic E-state index is 12.6. The van der Waals surface area contributed by atoms with Gasteiger partial charge in [0.1, 0.15) is 23.3 Å². The van der Waals surface area contributed by atoms with Gasteiger partial charge in [0.05, 0.1) is 12.7 Å². The van der Waals surface area contributed by atoms with E-state index in [-0.39, 0.29) is 18.1 Å². The fourth-order valence-corrected chi connectivity index (χ4v) is 2.53. The normalized spacial score (nSPS) is 14.0. The molecule has 0 atom stereocenters. The van der Waals surface area contributed by atoms with Gasteiger partial charge in [-0.05, 0) is 42.3 Å². The first-order chi connectivity index (χ1) is 11.6. The lowest BCUT2D eigenvalue weighted by Gasteiger charge is -2.06. The van der Waals surface area contributed by atoms with Crippen LogP contribution in [0.4, 0.5) is 0 Å². The maximum atomic E-state index is 12.6. The van der Waals surface area contributed by atoms with Gasteiger partial charge in [-0.25, -0.2) is 0 Å². The minimum atomic E-state index is -0.162. The van der Waals surface area contributed by atoms with Crippen molar-refractivity contribution in [2.75, 3.05) is 13.7 Å². The van der Waals surface area contributed by atoms with Gasteiger partial charge in [-0.2, -0.15) is 5.26 Å². The monoisotopic (exact) mass is 321 g/mol. The minimum Gasteiger partial charge on any atom is -0.497 e. The second-order valence-corrected chi connectivity index (χ2v) is 5.27. The number of methoxy groups -OCH3 is 1. The molecule has 0 spiro atoms. The summed E-state index contributed by atoms with van der Waals surface area (Å²) in [6.07, 6.45) is 1.69. The maximum Gasteiger partial charge on any atom is 0.232 e. The first kappa shape index (κ1) is 15.6. The van der Waals surface area contributed by atoms with Crippen molar-refractivity contribution in [3.8, 4) is 23.3 Å². The Hall–Kier alpha value is -3.26. The highest BCUT2D eigenvalue weighted by molar-refractivity contribution is 6.15. The van der Waals surface area contributed by atoms with Crippen molar-refractivity contribution < 1.29 is 19.0 Å². The first-order valence-electron chi connectivity index (χ1n) is 7.35. The van der Waals surface area contributed by atoms with Gasteiger partial charge in [0.25, 0.3) is 0 Å². The molecule has 3 rings (SSSR count). The van der Waals surface area contributed by atoms with Crippen molar-refractivity contribution in [1.82, 2.24) is 0 Å². The van der Waals surface area contributed by atoms with Crippen LogP contribution >= 0.6 is 0 Å². The Morgan fingerprint density at radius 1 is 1.21 bits per heavy atom. The van der Waals surface area contributed by atoms with Gasteiger partial charge in [-0.3, -0.25) is 4.79 Å². The van der Waals surface area contributed by atoms with Gasteiger partial charge >= 0.3 is 0 Å². The summed E-state index contributed by atoms with van der Waals surface area (Å²) in [7, 11) is 1.60. The number of ether oxygens (including phenoxy) is 3. The van der Waals surface area contributed by atoms with Crippen LogP contribution in [0.25, 0.3) is 6.08 Å². The zero-order valence-electron chi connectivity index (χ0n) is 13.3. The Morgan fingerprint density at radius 2 is 1.96 bits per heavy atom. The highest BCUT2D eigenvalue weighted by Gasteiger charge is 2.29. The Kier molecular flexibility index (Phi) is 4.21. The molecule has 1 aliphatic rings. The summed E-state index contributed by atoms with van der Waals surface area (Å²) in [5.41, 5.74) is 2.12. The molecule has 0 bridgehead atoms. The zero-order valence-corrected chi connectivity index (χ0v) is 13.3. The van der Waals surface area contributed by atoms with Gasteiger partial charge < -0.3 is 14.2 Å². The van der Waals surface area contributed by atoms with Gasteiger partial charge in [0.2, 0.25) is 5.78 Å². The molecule has 0 radical (unpaired) electrons. The van der Waals surface area contributed by atoms with Crippen molar-refractivity contribution >= 4 is 11.9 Å². The average molecular weight is 321 g/mol. The number of hydrogen-bond acceptors (Lipinski definition) is 5. The molecule has 5 heteroatoms. The number of fused-ring (bicyclic) bond motifs is 1. The van der Waals surface area contributed by atoms with Crippen LogP contribution < -0.4 is 14.2 Å². The largest absolute Gasteiger partial charge is 0.497 e. The summed E-state index contributed by atoms with van der Waals surface area (Å²) in [4.78, 5) is 12.6. The zero-order chi connectivity index (χ0) is 17.1. The number of rotatable bonds is 4. The second-order valence-electron chi connectivity index (χ2n) is 5.27. The smallest absolute Gasteiger partial charge is 0.232 e. The predicted molar refractivity (Wildman–Crippen MR) is 88.2 cm³/mol. The number of ketones is 1. The van der Waals surface area contributed by atoms with Gasteiger partial charge in [-0.1, -0.05) is 12.1 Å². The Morgan fingerprint density at radius 3 is 2.62 bits per heavy atom. The van der Waals surface area contributed by atoms with E-state index >= 15 is 0 Å². The lowest BCUT2D eigenvalue weighted by molar-refractivity contribution is 0.101. The summed E-state index contributed by atoms with van der Waals surface area (Å²) < 4.78 is 16.1. The Labute approximate surface area is 139 Å². The lowest BCUT2D eigenvalue weighted by atomic mass is 10.0. The van der Waals surface area contributed by atoms with Gasteiger partial charge in [0.15, 0.2) is 12.4 Å². The van der Waals surface area contributed by atoms with Crippen LogP contribution in [-0.4, -0.2) is 19.5 Å². The third kappa shape index (κ3) is 2.95. The number of nitrogens with zero attached hydrogens (tertiary/aromatic N) is 1. The van der Waals surface area contributed by atoms with Crippen LogP contribution in [0.2, 0.25) is 0 Å². The van der Waals surface area contributed by atoms with Crippen molar-refractivity contribution in [3.63, 3.8) is 0 Å². The molecule has 1 heterocycles. The summed E-state index contributed by atoms with van der Waals surface area (Å²) in [6, 6.07) is 12.6. The minimum absolute atomic E-state index is 0.0548. The van der Waals surface area contributed by atoms with E-state index in [0.717, 1.165) is 16.9 Å². The number of nitriles is 1. The van der Waals surface area contributed by atoms with Crippen LogP contribution in [0.3, 0.4) is 0 Å². The number of carbonyl (C=O) groups is 1. The number of carbonyl (C=O) groups excluding carboxylic acids is 1. The molecule has 0 N–H and O–H groups in total. The third-order valence-electron chi connectivity index (χ3n) is 3.66. The van der Waals surface area contributed by atoms with E-state index in [0.29, 0.717) is 17.1 Å². The topological polar surface area (TPSA) is 68.6 Å². The fraction of sp³-hybridized carbons (Fsp3) is 0.158. The van der Waals surface area contributed by atoms with Crippen LogP contribution in [0.1, 0.15) is 21.5 Å². The third-order valence-corrected chi connectivity index (χ3v) is 3.66. The quantitative estimate of drug-likeness (QED) is 0.806. The molecule has 120 valence electrons. The Bertz CT molecular complexity index is 860. The molecule has 0 saturated carbocycles.